The summed E-state index contributed by atoms with van der Waals surface area (Å²) in [4.78, 5) is 21.1. The Bertz CT molecular complexity index is 238. The van der Waals surface area contributed by atoms with E-state index in [2.05, 4.69) is 5.92 Å². The molecule has 0 saturated heterocycles. The average molecular weight is 184 g/mol. The van der Waals surface area contributed by atoms with Crippen LogP contribution in [-0.4, -0.2) is 24.1 Å². The molecule has 0 aliphatic heterocycles. The molecule has 4 heteroatoms. The van der Waals surface area contributed by atoms with Crippen molar-refractivity contribution in [3.8, 4) is 12.3 Å². The van der Waals surface area contributed by atoms with E-state index in [1.165, 1.54) is 13.8 Å². The van der Waals surface area contributed by atoms with Crippen LogP contribution < -0.4 is 0 Å². The maximum atomic E-state index is 10.5. The van der Waals surface area contributed by atoms with Gasteiger partial charge < -0.3 is 9.47 Å². The van der Waals surface area contributed by atoms with Crippen molar-refractivity contribution < 1.29 is 19.1 Å². The van der Waals surface area contributed by atoms with E-state index in [-0.39, 0.29) is 0 Å². The van der Waals surface area contributed by atoms with Crippen molar-refractivity contribution in [2.45, 2.75) is 33.0 Å². The smallest absolute Gasteiger partial charge is 0.304 e. The van der Waals surface area contributed by atoms with E-state index in [0.29, 0.717) is 0 Å². The predicted molar refractivity (Wildman–Crippen MR) is 45.6 cm³/mol. The molecule has 0 rings (SSSR count). The summed E-state index contributed by atoms with van der Waals surface area (Å²) in [6.45, 7) is 4.07. The molecule has 0 aromatic heterocycles. The molecule has 0 aromatic carbocycles. The van der Waals surface area contributed by atoms with Gasteiger partial charge in [0, 0.05) is 13.8 Å². The van der Waals surface area contributed by atoms with Gasteiger partial charge in [-0.1, -0.05) is 5.92 Å². The second-order valence-electron chi connectivity index (χ2n) is 2.51. The summed E-state index contributed by atoms with van der Waals surface area (Å²) in [5.41, 5.74) is 0. The van der Waals surface area contributed by atoms with Gasteiger partial charge in [-0.25, -0.2) is 0 Å². The first-order valence-electron chi connectivity index (χ1n) is 3.78. The zero-order valence-electron chi connectivity index (χ0n) is 7.87. The zero-order valence-corrected chi connectivity index (χ0v) is 7.87. The van der Waals surface area contributed by atoms with Crippen LogP contribution in [0.3, 0.4) is 0 Å². The molecule has 0 aliphatic rings. The number of ether oxygens (including phenoxy) is 2. The van der Waals surface area contributed by atoms with Gasteiger partial charge >= 0.3 is 11.9 Å². The van der Waals surface area contributed by atoms with E-state index < -0.39 is 24.1 Å². The van der Waals surface area contributed by atoms with Crippen molar-refractivity contribution in [2.75, 3.05) is 0 Å². The zero-order chi connectivity index (χ0) is 10.4. The average Bonchev–Trinajstić information content (AvgIpc) is 1.98. The quantitative estimate of drug-likeness (QED) is 0.473. The number of esters is 2. The molecule has 0 spiro atoms. The first kappa shape index (κ1) is 11.5. The number of hydrogen-bond acceptors (Lipinski definition) is 4. The lowest BCUT2D eigenvalue weighted by atomic mass is 10.2. The molecule has 0 N–H and O–H groups in total. The minimum absolute atomic E-state index is 0.458. The van der Waals surface area contributed by atoms with E-state index in [1.807, 2.05) is 0 Å². The summed E-state index contributed by atoms with van der Waals surface area (Å²) < 4.78 is 9.46. The van der Waals surface area contributed by atoms with Gasteiger partial charge in [-0.2, -0.15) is 0 Å². The molecule has 2 atom stereocenters. The number of carbonyl (C=O) groups excluding carboxylic acids is 2. The standard InChI is InChI=1S/C9H12O4/c1-5-9(13-8(4)11)6(2)12-7(3)10/h1,6,9H,2-4H3. The number of terminal acetylenes is 1. The molecule has 0 amide bonds. The summed E-state index contributed by atoms with van der Waals surface area (Å²) in [5, 5.41) is 0. The van der Waals surface area contributed by atoms with Crippen LogP contribution in [0.4, 0.5) is 0 Å². The van der Waals surface area contributed by atoms with Gasteiger partial charge in [-0.15, -0.1) is 6.42 Å². The third-order valence-corrected chi connectivity index (χ3v) is 1.24. The van der Waals surface area contributed by atoms with Crippen LogP contribution in [-0.2, 0) is 19.1 Å². The van der Waals surface area contributed by atoms with Crippen molar-refractivity contribution in [3.63, 3.8) is 0 Å². The van der Waals surface area contributed by atoms with E-state index >= 15 is 0 Å². The lowest BCUT2D eigenvalue weighted by molar-refractivity contribution is -0.159. The molecule has 2 unspecified atom stereocenters. The SMILES string of the molecule is C#CC(OC(C)=O)C(C)OC(C)=O. The van der Waals surface area contributed by atoms with Gasteiger partial charge in [0.2, 0.25) is 0 Å². The molecule has 0 radical (unpaired) electrons. The molecular weight excluding hydrogens is 172 g/mol. The van der Waals surface area contributed by atoms with Crippen LogP contribution in [0.1, 0.15) is 20.8 Å². The summed E-state index contributed by atoms with van der Waals surface area (Å²) >= 11 is 0. The third kappa shape index (κ3) is 4.86. The van der Waals surface area contributed by atoms with Crippen LogP contribution in [0.15, 0.2) is 0 Å². The number of hydrogen-bond donors (Lipinski definition) is 0. The second kappa shape index (κ2) is 5.20. The highest BCUT2D eigenvalue weighted by atomic mass is 16.6. The lowest BCUT2D eigenvalue weighted by Crippen LogP contribution is -2.30. The van der Waals surface area contributed by atoms with Crippen LogP contribution >= 0.6 is 0 Å². The van der Waals surface area contributed by atoms with Gasteiger partial charge in [-0.05, 0) is 6.92 Å². The van der Waals surface area contributed by atoms with Crippen LogP contribution in [0.5, 0.6) is 0 Å². The lowest BCUT2D eigenvalue weighted by Gasteiger charge is -2.18. The Kier molecular flexibility index (Phi) is 4.60. The van der Waals surface area contributed by atoms with E-state index in [0.717, 1.165) is 0 Å². The van der Waals surface area contributed by atoms with Crippen molar-refractivity contribution in [1.82, 2.24) is 0 Å². The fourth-order valence-corrected chi connectivity index (χ4v) is 0.768. The molecule has 13 heavy (non-hydrogen) atoms. The Balaban J connectivity index is 4.16. The Morgan fingerprint density at radius 2 is 1.69 bits per heavy atom. The third-order valence-electron chi connectivity index (χ3n) is 1.24. The number of carbonyl (C=O) groups is 2. The topological polar surface area (TPSA) is 52.6 Å². The molecule has 4 nitrogen and oxygen atoms in total. The van der Waals surface area contributed by atoms with E-state index in [4.69, 9.17) is 15.9 Å². The Labute approximate surface area is 77.2 Å². The van der Waals surface area contributed by atoms with Gasteiger partial charge in [0.25, 0.3) is 0 Å². The van der Waals surface area contributed by atoms with Gasteiger partial charge in [0.05, 0.1) is 0 Å². The summed E-state index contributed by atoms with van der Waals surface area (Å²) in [5.74, 6) is 1.26. The second-order valence-corrected chi connectivity index (χ2v) is 2.51. The summed E-state index contributed by atoms with van der Waals surface area (Å²) in [7, 11) is 0. The first-order chi connectivity index (χ1) is 5.97. The van der Waals surface area contributed by atoms with Crippen molar-refractivity contribution >= 4 is 11.9 Å². The molecule has 72 valence electrons. The molecule has 0 aliphatic carbocycles. The van der Waals surface area contributed by atoms with E-state index in [9.17, 15) is 9.59 Å². The van der Waals surface area contributed by atoms with Crippen molar-refractivity contribution in [1.29, 1.82) is 0 Å². The molecule has 0 saturated carbocycles. The van der Waals surface area contributed by atoms with Crippen LogP contribution in [0.25, 0.3) is 0 Å². The maximum Gasteiger partial charge on any atom is 0.304 e. The molecule has 0 fully saturated rings. The molecular formula is C9H12O4. The predicted octanol–water partition coefficient (Wildman–Crippen LogP) is 0.503. The minimum atomic E-state index is -0.818. The largest absolute Gasteiger partial charge is 0.458 e. The highest BCUT2D eigenvalue weighted by Crippen LogP contribution is 2.03. The summed E-state index contributed by atoms with van der Waals surface area (Å²) in [6.07, 6.45) is 3.64. The summed E-state index contributed by atoms with van der Waals surface area (Å²) in [6, 6.07) is 0. The van der Waals surface area contributed by atoms with Crippen molar-refractivity contribution in [3.05, 3.63) is 0 Å². The highest BCUT2D eigenvalue weighted by Gasteiger charge is 2.19. The fourth-order valence-electron chi connectivity index (χ4n) is 0.768. The number of rotatable bonds is 3. The van der Waals surface area contributed by atoms with E-state index in [1.54, 1.807) is 6.92 Å². The molecule has 0 bridgehead atoms. The molecule has 0 heterocycles. The van der Waals surface area contributed by atoms with Crippen molar-refractivity contribution in [2.24, 2.45) is 0 Å². The Morgan fingerprint density at radius 3 is 2.00 bits per heavy atom. The Hall–Kier alpha value is -1.50. The van der Waals surface area contributed by atoms with Gasteiger partial charge in [0.1, 0.15) is 6.10 Å². The molecule has 0 aromatic rings. The van der Waals surface area contributed by atoms with Gasteiger partial charge in [-0.3, -0.25) is 9.59 Å². The Morgan fingerprint density at radius 1 is 1.23 bits per heavy atom. The van der Waals surface area contributed by atoms with Crippen LogP contribution in [0.2, 0.25) is 0 Å². The maximum absolute atomic E-state index is 10.5. The van der Waals surface area contributed by atoms with Crippen LogP contribution in [0, 0.1) is 12.3 Å². The fraction of sp³-hybridized carbons (Fsp3) is 0.556. The normalized spacial score (nSPS) is 13.7. The highest BCUT2D eigenvalue weighted by molar-refractivity contribution is 5.67. The monoisotopic (exact) mass is 184 g/mol. The minimum Gasteiger partial charge on any atom is -0.458 e. The first-order valence-corrected chi connectivity index (χ1v) is 3.78. The van der Waals surface area contributed by atoms with Gasteiger partial charge in [0.15, 0.2) is 6.10 Å².